The molecule has 2 atom stereocenters. The Balaban J connectivity index is 4.55. The average Bonchev–Trinajstić information content (AvgIpc) is 2.16. The first-order chi connectivity index (χ1) is 6.87. The predicted octanol–water partition coefficient (Wildman–Crippen LogP) is 0.341. The minimum Gasteiger partial charge on any atom is -0.480 e. The van der Waals surface area contributed by atoms with Gasteiger partial charge in [-0.1, -0.05) is 20.3 Å². The van der Waals surface area contributed by atoms with Crippen LogP contribution in [0.3, 0.4) is 0 Å². The molecule has 0 saturated heterocycles. The second-order valence-corrected chi connectivity index (χ2v) is 4.01. The molecule has 0 bridgehead atoms. The van der Waals surface area contributed by atoms with Gasteiger partial charge in [-0.2, -0.15) is 0 Å². The van der Waals surface area contributed by atoms with Crippen LogP contribution in [0.15, 0.2) is 0 Å². The zero-order valence-electron chi connectivity index (χ0n) is 9.54. The number of carboxylic acid groups (broad SMARTS) is 1. The highest BCUT2D eigenvalue weighted by molar-refractivity contribution is 5.87. The van der Waals surface area contributed by atoms with E-state index >= 15 is 0 Å². The fourth-order valence-corrected chi connectivity index (χ4v) is 1.23. The van der Waals surface area contributed by atoms with Crippen molar-refractivity contribution in [1.29, 1.82) is 0 Å². The lowest BCUT2D eigenvalue weighted by molar-refractivity contribution is -0.147. The van der Waals surface area contributed by atoms with Gasteiger partial charge in [-0.25, -0.2) is 4.79 Å². The van der Waals surface area contributed by atoms with Crippen molar-refractivity contribution < 1.29 is 14.7 Å². The van der Waals surface area contributed by atoms with Gasteiger partial charge in [-0.15, -0.1) is 0 Å². The van der Waals surface area contributed by atoms with Crippen LogP contribution in [0.25, 0.3) is 0 Å². The van der Waals surface area contributed by atoms with E-state index in [0.717, 1.165) is 0 Å². The molecule has 2 unspecified atom stereocenters. The molecule has 15 heavy (non-hydrogen) atoms. The summed E-state index contributed by atoms with van der Waals surface area (Å²) in [5.74, 6) is -1.68. The van der Waals surface area contributed by atoms with Crippen LogP contribution >= 0.6 is 0 Å². The Morgan fingerprint density at radius 1 is 1.53 bits per heavy atom. The summed E-state index contributed by atoms with van der Waals surface area (Å²) >= 11 is 0. The number of aliphatic carboxylic acids is 1. The van der Waals surface area contributed by atoms with Crippen molar-refractivity contribution >= 4 is 11.9 Å². The third-order valence-corrected chi connectivity index (χ3v) is 2.42. The Kier molecular flexibility index (Phi) is 5.28. The van der Waals surface area contributed by atoms with E-state index in [1.165, 1.54) is 6.92 Å². The summed E-state index contributed by atoms with van der Waals surface area (Å²) in [5, 5.41) is 11.5. The highest BCUT2D eigenvalue weighted by Crippen LogP contribution is 2.13. The van der Waals surface area contributed by atoms with Gasteiger partial charge in [0.2, 0.25) is 5.91 Å². The smallest absolute Gasteiger partial charge is 0.329 e. The van der Waals surface area contributed by atoms with Crippen molar-refractivity contribution in [3.8, 4) is 0 Å². The molecule has 0 aliphatic carbocycles. The number of hydrogen-bond donors (Lipinski definition) is 3. The number of carbonyl (C=O) groups is 2. The summed E-state index contributed by atoms with van der Waals surface area (Å²) in [7, 11) is 0. The molecule has 0 heterocycles. The van der Waals surface area contributed by atoms with E-state index in [9.17, 15) is 9.59 Å². The summed E-state index contributed by atoms with van der Waals surface area (Å²) in [6, 6.07) is 0. The first kappa shape index (κ1) is 13.9. The third-order valence-electron chi connectivity index (χ3n) is 2.42. The van der Waals surface area contributed by atoms with E-state index in [1.807, 2.05) is 6.92 Å². The van der Waals surface area contributed by atoms with Gasteiger partial charge in [0.15, 0.2) is 0 Å². The number of carbonyl (C=O) groups excluding carboxylic acids is 1. The van der Waals surface area contributed by atoms with Gasteiger partial charge in [0.25, 0.3) is 0 Å². The van der Waals surface area contributed by atoms with Gasteiger partial charge in [-0.05, 0) is 13.3 Å². The highest BCUT2D eigenvalue weighted by atomic mass is 16.4. The molecule has 0 aromatic carbocycles. The van der Waals surface area contributed by atoms with E-state index in [4.69, 9.17) is 10.8 Å². The van der Waals surface area contributed by atoms with Crippen LogP contribution in [0.1, 0.15) is 33.6 Å². The fraction of sp³-hybridized carbons (Fsp3) is 0.800. The zero-order chi connectivity index (χ0) is 12.1. The normalized spacial score (nSPS) is 16.5. The summed E-state index contributed by atoms with van der Waals surface area (Å²) in [6.07, 6.45) is 1.10. The Morgan fingerprint density at radius 3 is 2.40 bits per heavy atom. The van der Waals surface area contributed by atoms with Crippen LogP contribution in [0.5, 0.6) is 0 Å². The van der Waals surface area contributed by atoms with Crippen LogP contribution in [0, 0.1) is 5.92 Å². The minimum absolute atomic E-state index is 0.216. The van der Waals surface area contributed by atoms with E-state index in [1.54, 1.807) is 6.92 Å². The topological polar surface area (TPSA) is 92.4 Å². The molecule has 0 aliphatic rings. The van der Waals surface area contributed by atoms with E-state index in [0.29, 0.717) is 12.8 Å². The molecule has 0 fully saturated rings. The summed E-state index contributed by atoms with van der Waals surface area (Å²) in [6.45, 7) is 5.27. The largest absolute Gasteiger partial charge is 0.480 e. The number of amides is 1. The van der Waals surface area contributed by atoms with Crippen LogP contribution in [0.2, 0.25) is 0 Å². The van der Waals surface area contributed by atoms with Crippen molar-refractivity contribution in [2.24, 2.45) is 11.7 Å². The summed E-state index contributed by atoms with van der Waals surface area (Å²) in [5.41, 5.74) is 4.15. The predicted molar refractivity (Wildman–Crippen MR) is 57.3 cm³/mol. The molecule has 0 aromatic heterocycles. The second kappa shape index (κ2) is 5.70. The Hall–Kier alpha value is -1.10. The Labute approximate surface area is 90.0 Å². The maximum absolute atomic E-state index is 11.5. The van der Waals surface area contributed by atoms with Crippen LogP contribution in [0.4, 0.5) is 0 Å². The molecular weight excluding hydrogens is 196 g/mol. The lowest BCUT2D eigenvalue weighted by Gasteiger charge is -2.27. The molecule has 0 aromatic rings. The molecule has 0 spiro atoms. The van der Waals surface area contributed by atoms with Crippen LogP contribution in [-0.4, -0.2) is 29.1 Å². The molecule has 88 valence electrons. The average molecular weight is 216 g/mol. The maximum Gasteiger partial charge on any atom is 0.329 e. The van der Waals surface area contributed by atoms with Gasteiger partial charge in [0.1, 0.15) is 5.54 Å². The lowest BCUT2D eigenvalue weighted by atomic mass is 9.95. The molecule has 5 heteroatoms. The van der Waals surface area contributed by atoms with E-state index in [-0.39, 0.29) is 18.4 Å². The van der Waals surface area contributed by atoms with Gasteiger partial charge in [0.05, 0.1) is 0 Å². The zero-order valence-corrected chi connectivity index (χ0v) is 9.54. The van der Waals surface area contributed by atoms with Crippen molar-refractivity contribution in [3.63, 3.8) is 0 Å². The van der Waals surface area contributed by atoms with Crippen LogP contribution < -0.4 is 11.1 Å². The molecular formula is C10H20N2O3. The maximum atomic E-state index is 11.5. The summed E-state index contributed by atoms with van der Waals surface area (Å²) < 4.78 is 0. The number of carboxylic acids is 1. The van der Waals surface area contributed by atoms with Gasteiger partial charge in [-0.3, -0.25) is 4.79 Å². The number of hydrogen-bond acceptors (Lipinski definition) is 3. The van der Waals surface area contributed by atoms with E-state index in [2.05, 4.69) is 5.32 Å². The molecule has 0 radical (unpaired) electrons. The standard InChI is InChI=1S/C10H20N2O3/c1-4-5-10(3,9(14)15)12-8(13)7(2)6-11/h7H,4-6,11H2,1-3H3,(H,12,13)(H,14,15). The van der Waals surface area contributed by atoms with Crippen molar-refractivity contribution in [2.75, 3.05) is 6.54 Å². The Morgan fingerprint density at radius 2 is 2.07 bits per heavy atom. The molecule has 0 aliphatic heterocycles. The first-order valence-corrected chi connectivity index (χ1v) is 5.13. The van der Waals surface area contributed by atoms with Crippen molar-refractivity contribution in [1.82, 2.24) is 5.32 Å². The monoisotopic (exact) mass is 216 g/mol. The molecule has 5 nitrogen and oxygen atoms in total. The number of nitrogens with two attached hydrogens (primary N) is 1. The second-order valence-electron chi connectivity index (χ2n) is 4.01. The summed E-state index contributed by atoms with van der Waals surface area (Å²) in [4.78, 5) is 22.5. The van der Waals surface area contributed by atoms with Crippen molar-refractivity contribution in [2.45, 2.75) is 39.2 Å². The van der Waals surface area contributed by atoms with Gasteiger partial charge < -0.3 is 16.2 Å². The quantitative estimate of drug-likeness (QED) is 0.597. The fourth-order valence-electron chi connectivity index (χ4n) is 1.23. The van der Waals surface area contributed by atoms with Gasteiger partial charge in [0, 0.05) is 12.5 Å². The lowest BCUT2D eigenvalue weighted by Crippen LogP contribution is -2.54. The highest BCUT2D eigenvalue weighted by Gasteiger charge is 2.34. The Bertz CT molecular complexity index is 243. The molecule has 0 saturated carbocycles. The van der Waals surface area contributed by atoms with Crippen LogP contribution in [-0.2, 0) is 9.59 Å². The first-order valence-electron chi connectivity index (χ1n) is 5.13. The molecule has 4 N–H and O–H groups in total. The van der Waals surface area contributed by atoms with Gasteiger partial charge >= 0.3 is 5.97 Å². The molecule has 0 rings (SSSR count). The minimum atomic E-state index is -1.19. The third kappa shape index (κ3) is 3.87. The number of nitrogens with one attached hydrogen (secondary N) is 1. The number of rotatable bonds is 6. The SMILES string of the molecule is CCCC(C)(NC(=O)C(C)CN)C(=O)O. The molecule has 1 amide bonds. The van der Waals surface area contributed by atoms with Crippen molar-refractivity contribution in [3.05, 3.63) is 0 Å². The van der Waals surface area contributed by atoms with E-state index < -0.39 is 11.5 Å².